The zero-order valence-electron chi connectivity index (χ0n) is 15.7. The second-order valence-corrected chi connectivity index (χ2v) is 7.12. The van der Waals surface area contributed by atoms with Crippen LogP contribution in [0, 0.1) is 6.92 Å². The Labute approximate surface area is 158 Å². The lowest BCUT2D eigenvalue weighted by molar-refractivity contribution is -0.126. The predicted octanol–water partition coefficient (Wildman–Crippen LogP) is 3.02. The van der Waals surface area contributed by atoms with Crippen molar-refractivity contribution in [1.29, 1.82) is 0 Å². The summed E-state index contributed by atoms with van der Waals surface area (Å²) in [7, 11) is 1.89. The number of Topliss-reactive ketones (excluding diaryl/α,β-unsaturated/α-hetero) is 1. The summed E-state index contributed by atoms with van der Waals surface area (Å²) in [6.45, 7) is 4.66. The molecule has 1 saturated heterocycles. The van der Waals surface area contributed by atoms with Crippen molar-refractivity contribution in [2.45, 2.75) is 6.92 Å². The number of ketones is 1. The molecule has 5 heteroatoms. The van der Waals surface area contributed by atoms with Gasteiger partial charge in [0.05, 0.1) is 5.56 Å². The van der Waals surface area contributed by atoms with E-state index in [4.69, 9.17) is 0 Å². The summed E-state index contributed by atoms with van der Waals surface area (Å²) in [5.74, 6) is -0.828. The van der Waals surface area contributed by atoms with Gasteiger partial charge in [-0.25, -0.2) is 0 Å². The third-order valence-corrected chi connectivity index (χ3v) is 5.27. The summed E-state index contributed by atoms with van der Waals surface area (Å²) in [6, 6.07) is 16.0. The van der Waals surface area contributed by atoms with Crippen LogP contribution < -0.4 is 4.90 Å². The highest BCUT2D eigenvalue weighted by Gasteiger charge is 2.28. The minimum Gasteiger partial charge on any atom is -0.368 e. The summed E-state index contributed by atoms with van der Waals surface area (Å²) in [6.07, 6.45) is 1.76. The number of benzene rings is 2. The van der Waals surface area contributed by atoms with Gasteiger partial charge < -0.3 is 14.4 Å². The molecule has 0 unspecified atom stereocenters. The molecular weight excluding hydrogens is 338 g/mol. The zero-order valence-corrected chi connectivity index (χ0v) is 15.7. The van der Waals surface area contributed by atoms with Crippen molar-refractivity contribution in [3.63, 3.8) is 0 Å². The van der Waals surface area contributed by atoms with Gasteiger partial charge in [-0.3, -0.25) is 9.59 Å². The third kappa shape index (κ3) is 3.21. The molecule has 138 valence electrons. The summed E-state index contributed by atoms with van der Waals surface area (Å²) < 4.78 is 1.89. The van der Waals surface area contributed by atoms with Crippen LogP contribution in [-0.2, 0) is 11.8 Å². The Bertz CT molecular complexity index is 1010. The number of aromatic nitrogens is 1. The number of hydrogen-bond acceptors (Lipinski definition) is 3. The average Bonchev–Trinajstić information content (AvgIpc) is 3.04. The number of piperazine rings is 1. The first kappa shape index (κ1) is 17.3. The van der Waals surface area contributed by atoms with Gasteiger partial charge in [-0.1, -0.05) is 30.3 Å². The number of carbonyl (C=O) groups excluding carboxylic acids is 2. The number of para-hydroxylation sites is 1. The molecule has 0 atom stereocenters. The van der Waals surface area contributed by atoms with E-state index in [-0.39, 0.29) is 0 Å². The quantitative estimate of drug-likeness (QED) is 0.532. The maximum atomic E-state index is 12.8. The number of hydrogen-bond donors (Lipinski definition) is 0. The largest absolute Gasteiger partial charge is 0.368 e. The molecule has 1 aliphatic heterocycles. The van der Waals surface area contributed by atoms with Crippen molar-refractivity contribution in [3.8, 4) is 0 Å². The molecule has 5 nitrogen and oxygen atoms in total. The van der Waals surface area contributed by atoms with E-state index in [9.17, 15) is 9.59 Å². The molecule has 2 heterocycles. The van der Waals surface area contributed by atoms with Gasteiger partial charge >= 0.3 is 0 Å². The van der Waals surface area contributed by atoms with E-state index in [1.807, 2.05) is 41.9 Å². The van der Waals surface area contributed by atoms with E-state index in [2.05, 4.69) is 30.0 Å². The number of carbonyl (C=O) groups is 2. The van der Waals surface area contributed by atoms with Crippen molar-refractivity contribution in [2.75, 3.05) is 31.1 Å². The van der Waals surface area contributed by atoms with Gasteiger partial charge in [0.2, 0.25) is 0 Å². The molecule has 1 aromatic heterocycles. The van der Waals surface area contributed by atoms with Crippen LogP contribution >= 0.6 is 0 Å². The molecule has 2 aromatic carbocycles. The number of aryl methyl sites for hydroxylation is 2. The fourth-order valence-corrected chi connectivity index (χ4v) is 3.77. The number of rotatable bonds is 3. The zero-order chi connectivity index (χ0) is 19.0. The molecule has 0 saturated carbocycles. The molecule has 0 bridgehead atoms. The highest BCUT2D eigenvalue weighted by molar-refractivity contribution is 6.44. The number of nitrogens with zero attached hydrogens (tertiary/aromatic N) is 3. The monoisotopic (exact) mass is 361 g/mol. The number of amides is 1. The Morgan fingerprint density at radius 1 is 0.926 bits per heavy atom. The molecule has 27 heavy (non-hydrogen) atoms. The number of anilines is 1. The summed E-state index contributed by atoms with van der Waals surface area (Å²) in [5, 5.41) is 0.830. The van der Waals surface area contributed by atoms with E-state index in [1.54, 1.807) is 11.1 Å². The summed E-state index contributed by atoms with van der Waals surface area (Å²) in [5.41, 5.74) is 3.83. The standard InChI is InChI=1S/C22H23N3O2/c1-16-6-5-7-17(14-16)24-10-12-25(13-11-24)22(27)21(26)19-15-23(2)20-9-4-3-8-18(19)20/h3-9,14-15H,10-13H2,1-2H3. The lowest BCUT2D eigenvalue weighted by Gasteiger charge is -2.35. The minimum absolute atomic E-state index is 0.407. The lowest BCUT2D eigenvalue weighted by atomic mass is 10.1. The Hall–Kier alpha value is -3.08. The van der Waals surface area contributed by atoms with E-state index in [1.165, 1.54) is 11.3 Å². The fourth-order valence-electron chi connectivity index (χ4n) is 3.77. The Balaban J connectivity index is 1.48. The molecule has 1 fully saturated rings. The second-order valence-electron chi connectivity index (χ2n) is 7.12. The van der Waals surface area contributed by atoms with Crippen molar-refractivity contribution >= 4 is 28.3 Å². The molecule has 1 amide bonds. The molecule has 3 aromatic rings. The highest BCUT2D eigenvalue weighted by atomic mass is 16.2. The second kappa shape index (κ2) is 6.91. The molecule has 0 spiro atoms. The van der Waals surface area contributed by atoms with Crippen LogP contribution in [0.2, 0.25) is 0 Å². The maximum Gasteiger partial charge on any atom is 0.295 e. The minimum atomic E-state index is -0.421. The van der Waals surface area contributed by atoms with Crippen molar-refractivity contribution in [2.24, 2.45) is 7.05 Å². The summed E-state index contributed by atoms with van der Waals surface area (Å²) in [4.78, 5) is 29.6. The van der Waals surface area contributed by atoms with Crippen molar-refractivity contribution < 1.29 is 9.59 Å². The molecule has 0 radical (unpaired) electrons. The number of fused-ring (bicyclic) bond motifs is 1. The SMILES string of the molecule is Cc1cccc(N2CCN(C(=O)C(=O)c3cn(C)c4ccccc34)CC2)c1. The van der Waals surface area contributed by atoms with Crippen LogP contribution in [-0.4, -0.2) is 47.3 Å². The Kier molecular flexibility index (Phi) is 4.44. The van der Waals surface area contributed by atoms with Gasteiger partial charge in [-0.05, 0) is 30.7 Å². The van der Waals surface area contributed by atoms with Gasteiger partial charge in [0, 0.05) is 56.0 Å². The average molecular weight is 361 g/mol. The fraction of sp³-hybridized carbons (Fsp3) is 0.273. The highest BCUT2D eigenvalue weighted by Crippen LogP contribution is 2.22. The van der Waals surface area contributed by atoms with Crippen LogP contribution in [0.1, 0.15) is 15.9 Å². The van der Waals surface area contributed by atoms with Crippen molar-refractivity contribution in [3.05, 3.63) is 65.9 Å². The topological polar surface area (TPSA) is 45.6 Å². The van der Waals surface area contributed by atoms with Crippen LogP contribution in [0.25, 0.3) is 10.9 Å². The normalized spacial score (nSPS) is 14.6. The van der Waals surface area contributed by atoms with Crippen LogP contribution in [0.3, 0.4) is 0 Å². The van der Waals surface area contributed by atoms with Gasteiger partial charge in [0.25, 0.3) is 11.7 Å². The summed E-state index contributed by atoms with van der Waals surface area (Å²) >= 11 is 0. The van der Waals surface area contributed by atoms with Gasteiger partial charge in [-0.2, -0.15) is 0 Å². The van der Waals surface area contributed by atoms with Crippen LogP contribution in [0.15, 0.2) is 54.7 Å². The van der Waals surface area contributed by atoms with E-state index >= 15 is 0 Å². The van der Waals surface area contributed by atoms with Crippen molar-refractivity contribution in [1.82, 2.24) is 9.47 Å². The van der Waals surface area contributed by atoms with E-state index < -0.39 is 11.7 Å². The molecule has 1 aliphatic rings. The molecule has 4 rings (SSSR count). The van der Waals surface area contributed by atoms with Gasteiger partial charge in [0.15, 0.2) is 0 Å². The first-order valence-electron chi connectivity index (χ1n) is 9.24. The van der Waals surface area contributed by atoms with Gasteiger partial charge in [-0.15, -0.1) is 0 Å². The predicted molar refractivity (Wildman–Crippen MR) is 107 cm³/mol. The Morgan fingerprint density at radius 3 is 2.41 bits per heavy atom. The van der Waals surface area contributed by atoms with Crippen LogP contribution in [0.5, 0.6) is 0 Å². The first-order chi connectivity index (χ1) is 13.0. The molecular formula is C22H23N3O2. The lowest BCUT2D eigenvalue weighted by Crippen LogP contribution is -2.50. The third-order valence-electron chi connectivity index (χ3n) is 5.27. The van der Waals surface area contributed by atoms with Crippen LogP contribution in [0.4, 0.5) is 5.69 Å². The Morgan fingerprint density at radius 2 is 1.67 bits per heavy atom. The first-order valence-corrected chi connectivity index (χ1v) is 9.24. The van der Waals surface area contributed by atoms with Gasteiger partial charge in [0.1, 0.15) is 0 Å². The van der Waals surface area contributed by atoms with E-state index in [0.717, 1.165) is 24.0 Å². The van der Waals surface area contributed by atoms with E-state index in [0.29, 0.717) is 18.7 Å². The molecule has 0 aliphatic carbocycles. The maximum absolute atomic E-state index is 12.8. The molecule has 0 N–H and O–H groups in total. The smallest absolute Gasteiger partial charge is 0.295 e.